The third kappa shape index (κ3) is 2.86. The van der Waals surface area contributed by atoms with Crippen LogP contribution in [0, 0.1) is 5.41 Å². The van der Waals surface area contributed by atoms with Crippen LogP contribution < -0.4 is 11.1 Å². The minimum Gasteiger partial charge on any atom is -0.409 e. The molecule has 3 rings (SSSR count). The van der Waals surface area contributed by atoms with E-state index < -0.39 is 0 Å². The summed E-state index contributed by atoms with van der Waals surface area (Å²) in [6, 6.07) is 1.66. The molecule has 6 nitrogen and oxygen atoms in total. The van der Waals surface area contributed by atoms with E-state index in [1.807, 2.05) is 0 Å². The van der Waals surface area contributed by atoms with E-state index in [1.54, 1.807) is 6.07 Å². The molecule has 0 aliphatic heterocycles. The highest BCUT2D eigenvalue weighted by Crippen LogP contribution is 2.49. The third-order valence-electron chi connectivity index (χ3n) is 3.73. The van der Waals surface area contributed by atoms with Gasteiger partial charge in [0.15, 0.2) is 0 Å². The molecule has 1 aliphatic rings. The fourth-order valence-electron chi connectivity index (χ4n) is 2.33. The normalized spacial score (nSPS) is 17.1. The minimum atomic E-state index is 0.0229. The molecule has 0 saturated heterocycles. The minimum absolute atomic E-state index is 0.0229. The molecule has 1 aromatic carbocycles. The summed E-state index contributed by atoms with van der Waals surface area (Å²) in [6.45, 7) is 0.678. The predicted octanol–water partition coefficient (Wildman–Crippen LogP) is 3.33. The van der Waals surface area contributed by atoms with Gasteiger partial charge in [0.05, 0.1) is 27.5 Å². The van der Waals surface area contributed by atoms with Gasteiger partial charge >= 0.3 is 0 Å². The summed E-state index contributed by atoms with van der Waals surface area (Å²) < 4.78 is 8.42. The van der Waals surface area contributed by atoms with Crippen LogP contribution >= 0.6 is 34.9 Å². The molecular formula is C12H13Cl2N5OS. The van der Waals surface area contributed by atoms with E-state index in [4.69, 9.17) is 34.1 Å². The maximum absolute atomic E-state index is 8.69. The highest BCUT2D eigenvalue weighted by Gasteiger charge is 2.43. The molecule has 21 heavy (non-hydrogen) atoms. The molecule has 2 aromatic rings. The van der Waals surface area contributed by atoms with E-state index in [2.05, 4.69) is 19.2 Å². The molecule has 0 bridgehead atoms. The van der Waals surface area contributed by atoms with Crippen molar-refractivity contribution in [3.05, 3.63) is 16.1 Å². The molecule has 9 heteroatoms. The van der Waals surface area contributed by atoms with E-state index in [-0.39, 0.29) is 11.3 Å². The Kier molecular flexibility index (Phi) is 3.81. The zero-order valence-electron chi connectivity index (χ0n) is 10.9. The maximum Gasteiger partial charge on any atom is 0.139 e. The Balaban J connectivity index is 1.81. The third-order valence-corrected chi connectivity index (χ3v) is 4.84. The summed E-state index contributed by atoms with van der Waals surface area (Å²) in [5.41, 5.74) is 7.68. The Bertz CT molecular complexity index is 713. The van der Waals surface area contributed by atoms with Gasteiger partial charge in [-0.3, -0.25) is 0 Å². The van der Waals surface area contributed by atoms with Crippen molar-refractivity contribution in [1.29, 1.82) is 0 Å². The van der Waals surface area contributed by atoms with Gasteiger partial charge in [0.2, 0.25) is 0 Å². The van der Waals surface area contributed by atoms with Gasteiger partial charge in [0, 0.05) is 13.0 Å². The molecule has 112 valence electrons. The van der Waals surface area contributed by atoms with Crippen molar-refractivity contribution in [2.75, 3.05) is 11.9 Å². The molecule has 4 N–H and O–H groups in total. The summed E-state index contributed by atoms with van der Waals surface area (Å²) >= 11 is 13.4. The van der Waals surface area contributed by atoms with E-state index in [1.165, 1.54) is 0 Å². The highest BCUT2D eigenvalue weighted by molar-refractivity contribution is 7.00. The van der Waals surface area contributed by atoms with Crippen LogP contribution in [0.25, 0.3) is 11.0 Å². The van der Waals surface area contributed by atoms with Crippen molar-refractivity contribution in [3.63, 3.8) is 0 Å². The molecule has 0 atom stereocenters. The SMILES string of the molecule is NC(CC1(CNc2c(Cl)cc(Cl)c3nsnc23)CC1)=NO. The van der Waals surface area contributed by atoms with Gasteiger partial charge in [-0.15, -0.1) is 0 Å². The van der Waals surface area contributed by atoms with Crippen molar-refractivity contribution in [2.45, 2.75) is 19.3 Å². The number of nitrogens with one attached hydrogen (secondary N) is 1. The summed E-state index contributed by atoms with van der Waals surface area (Å²) in [7, 11) is 0. The standard InChI is InChI=1S/C12H13Cl2N5OS/c13-6-3-7(14)10-11(19-21-18-10)9(6)16-5-12(1-2-12)4-8(15)17-20/h3,16,20H,1-2,4-5H2,(H2,15,17). The summed E-state index contributed by atoms with van der Waals surface area (Å²) in [5, 5.41) is 16.1. The van der Waals surface area contributed by atoms with E-state index in [9.17, 15) is 0 Å². The van der Waals surface area contributed by atoms with E-state index in [0.717, 1.165) is 30.3 Å². The molecule has 0 radical (unpaired) electrons. The monoisotopic (exact) mass is 345 g/mol. The summed E-state index contributed by atoms with van der Waals surface area (Å²) in [4.78, 5) is 0. The van der Waals surface area contributed by atoms with Gasteiger partial charge in [-0.1, -0.05) is 28.4 Å². The van der Waals surface area contributed by atoms with Gasteiger partial charge in [0.25, 0.3) is 0 Å². The second-order valence-corrected chi connectivity index (χ2v) is 6.64. The number of aromatic nitrogens is 2. The lowest BCUT2D eigenvalue weighted by Gasteiger charge is -2.17. The maximum atomic E-state index is 8.69. The number of fused-ring (bicyclic) bond motifs is 1. The summed E-state index contributed by atoms with van der Waals surface area (Å²) in [6.07, 6.45) is 2.61. The van der Waals surface area contributed by atoms with Gasteiger partial charge in [-0.25, -0.2) is 0 Å². The topological polar surface area (TPSA) is 96.4 Å². The number of oxime groups is 1. The molecule has 1 saturated carbocycles. The first-order valence-corrected chi connectivity index (χ1v) is 7.84. The zero-order chi connectivity index (χ0) is 15.0. The molecule has 0 amide bonds. The Morgan fingerprint density at radius 2 is 2.10 bits per heavy atom. The smallest absolute Gasteiger partial charge is 0.139 e. The van der Waals surface area contributed by atoms with Gasteiger partial charge in [0.1, 0.15) is 16.9 Å². The number of anilines is 1. The van der Waals surface area contributed by atoms with Gasteiger partial charge in [-0.2, -0.15) is 8.75 Å². The lowest BCUT2D eigenvalue weighted by Crippen LogP contribution is -2.23. The molecule has 0 unspecified atom stereocenters. The Morgan fingerprint density at radius 3 is 2.76 bits per heavy atom. The van der Waals surface area contributed by atoms with E-state index in [0.29, 0.717) is 34.0 Å². The molecule has 1 aromatic heterocycles. The molecule has 0 spiro atoms. The second-order valence-electron chi connectivity index (χ2n) is 5.30. The largest absolute Gasteiger partial charge is 0.409 e. The van der Waals surface area contributed by atoms with Crippen LogP contribution in [-0.2, 0) is 0 Å². The van der Waals surface area contributed by atoms with Crippen molar-refractivity contribution in [3.8, 4) is 0 Å². The quantitative estimate of drug-likeness (QED) is 0.334. The van der Waals surface area contributed by atoms with Gasteiger partial charge < -0.3 is 16.3 Å². The number of nitrogens with two attached hydrogens (primary N) is 1. The van der Waals surface area contributed by atoms with Crippen molar-refractivity contribution in [2.24, 2.45) is 16.3 Å². The number of halogens is 2. The molecule has 1 heterocycles. The lowest BCUT2D eigenvalue weighted by molar-refractivity contribution is 0.315. The zero-order valence-corrected chi connectivity index (χ0v) is 13.3. The van der Waals surface area contributed by atoms with Crippen LogP contribution in [0.2, 0.25) is 10.0 Å². The van der Waals surface area contributed by atoms with Crippen LogP contribution in [0.5, 0.6) is 0 Å². The van der Waals surface area contributed by atoms with Crippen LogP contribution in [0.4, 0.5) is 5.69 Å². The molecule has 1 fully saturated rings. The first-order valence-electron chi connectivity index (χ1n) is 6.35. The fourth-order valence-corrected chi connectivity index (χ4v) is 3.51. The van der Waals surface area contributed by atoms with Crippen LogP contribution in [-0.4, -0.2) is 26.3 Å². The molecular weight excluding hydrogens is 333 g/mol. The summed E-state index contributed by atoms with van der Waals surface area (Å²) in [5.74, 6) is 0.247. The average Bonchev–Trinajstić information content (AvgIpc) is 3.02. The number of amidine groups is 1. The second kappa shape index (κ2) is 5.47. The Labute approximate surface area is 135 Å². The molecule has 1 aliphatic carbocycles. The first-order chi connectivity index (χ1) is 10.0. The van der Waals surface area contributed by atoms with Gasteiger partial charge in [-0.05, 0) is 24.3 Å². The van der Waals surface area contributed by atoms with Crippen LogP contribution in [0.15, 0.2) is 11.2 Å². The van der Waals surface area contributed by atoms with Crippen molar-refractivity contribution in [1.82, 2.24) is 8.75 Å². The van der Waals surface area contributed by atoms with Crippen molar-refractivity contribution < 1.29 is 5.21 Å². The Hall–Kier alpha value is -1.31. The lowest BCUT2D eigenvalue weighted by atomic mass is 10.0. The number of nitrogens with zero attached hydrogens (tertiary/aromatic N) is 3. The van der Waals surface area contributed by atoms with Crippen LogP contribution in [0.1, 0.15) is 19.3 Å². The first kappa shape index (κ1) is 14.6. The van der Waals surface area contributed by atoms with Crippen molar-refractivity contribution >= 4 is 57.5 Å². The number of benzene rings is 1. The highest BCUT2D eigenvalue weighted by atomic mass is 35.5. The predicted molar refractivity (Wildman–Crippen MR) is 85.6 cm³/mol. The number of rotatable bonds is 5. The number of hydrogen-bond acceptors (Lipinski definition) is 6. The fraction of sp³-hybridized carbons (Fsp3) is 0.417. The Morgan fingerprint density at radius 1 is 1.38 bits per heavy atom. The average molecular weight is 346 g/mol. The number of hydrogen-bond donors (Lipinski definition) is 3. The van der Waals surface area contributed by atoms with E-state index >= 15 is 0 Å². The van der Waals surface area contributed by atoms with Crippen LogP contribution in [0.3, 0.4) is 0 Å².